The summed E-state index contributed by atoms with van der Waals surface area (Å²) in [7, 11) is 4.14. The fraction of sp³-hybridized carbons (Fsp3) is 0.909. The van der Waals surface area contributed by atoms with Crippen molar-refractivity contribution in [2.75, 3.05) is 66.5 Å². The van der Waals surface area contributed by atoms with Crippen LogP contribution >= 0.6 is 0 Å². The molecular formula is C22H42N6O. The van der Waals surface area contributed by atoms with E-state index in [9.17, 15) is 4.79 Å². The predicted molar refractivity (Wildman–Crippen MR) is 119 cm³/mol. The van der Waals surface area contributed by atoms with Crippen molar-refractivity contribution in [3.8, 4) is 0 Å². The molecule has 3 aliphatic rings. The Morgan fingerprint density at radius 2 is 1.66 bits per heavy atom. The van der Waals surface area contributed by atoms with Gasteiger partial charge in [0.05, 0.1) is 6.04 Å². The number of guanidine groups is 1. The van der Waals surface area contributed by atoms with Gasteiger partial charge in [-0.2, -0.15) is 0 Å². The SMILES string of the molecule is CN=C(NCCN(C)C1CCCCC1)N1CCN(C(C)C(=O)N2CCCC2)CC1. The van der Waals surface area contributed by atoms with Gasteiger partial charge >= 0.3 is 0 Å². The van der Waals surface area contributed by atoms with E-state index in [4.69, 9.17) is 0 Å². The molecule has 2 saturated heterocycles. The number of likely N-dealkylation sites (N-methyl/N-ethyl adjacent to an activating group) is 1. The quantitative estimate of drug-likeness (QED) is 0.535. The normalized spacial score (nSPS) is 23.7. The van der Waals surface area contributed by atoms with Crippen LogP contribution < -0.4 is 5.32 Å². The Hall–Kier alpha value is -1.34. The number of hydrogen-bond acceptors (Lipinski definition) is 4. The Morgan fingerprint density at radius 3 is 2.28 bits per heavy atom. The summed E-state index contributed by atoms with van der Waals surface area (Å²) in [6.07, 6.45) is 9.18. The summed E-state index contributed by atoms with van der Waals surface area (Å²) in [5.74, 6) is 1.31. The third-order valence-corrected chi connectivity index (χ3v) is 7.09. The van der Waals surface area contributed by atoms with E-state index in [1.807, 2.05) is 11.9 Å². The van der Waals surface area contributed by atoms with Crippen molar-refractivity contribution in [3.63, 3.8) is 0 Å². The lowest BCUT2D eigenvalue weighted by Crippen LogP contribution is -2.57. The maximum absolute atomic E-state index is 12.7. The molecule has 1 amide bonds. The molecule has 7 heteroatoms. The zero-order valence-electron chi connectivity index (χ0n) is 18.9. The van der Waals surface area contributed by atoms with Gasteiger partial charge in [0.15, 0.2) is 5.96 Å². The standard InChI is InChI=1S/C22H42N6O/c1-19(21(29)27-12-7-8-13-27)26-15-17-28(18-16-26)22(23-2)24-11-14-25(3)20-9-5-4-6-10-20/h19-20H,4-18H2,1-3H3,(H,23,24). The molecule has 2 aliphatic heterocycles. The van der Waals surface area contributed by atoms with E-state index >= 15 is 0 Å². The number of rotatable bonds is 6. The number of amides is 1. The van der Waals surface area contributed by atoms with E-state index < -0.39 is 0 Å². The number of carbonyl (C=O) groups excluding carboxylic acids is 1. The van der Waals surface area contributed by atoms with E-state index in [0.29, 0.717) is 5.91 Å². The highest BCUT2D eigenvalue weighted by Crippen LogP contribution is 2.21. The van der Waals surface area contributed by atoms with Gasteiger partial charge in [-0.3, -0.25) is 14.7 Å². The average Bonchev–Trinajstić information content (AvgIpc) is 3.31. The van der Waals surface area contributed by atoms with Crippen LogP contribution in [-0.4, -0.2) is 110 Å². The number of nitrogens with zero attached hydrogens (tertiary/aromatic N) is 5. The van der Waals surface area contributed by atoms with Gasteiger partial charge in [-0.25, -0.2) is 0 Å². The number of aliphatic imine (C=N–C) groups is 1. The Morgan fingerprint density at radius 1 is 1.00 bits per heavy atom. The van der Waals surface area contributed by atoms with Crippen LogP contribution in [0.1, 0.15) is 51.9 Å². The Kier molecular flexibility index (Phi) is 8.60. The van der Waals surface area contributed by atoms with E-state index in [1.54, 1.807) is 0 Å². The lowest BCUT2D eigenvalue weighted by molar-refractivity contribution is -0.135. The number of hydrogen-bond donors (Lipinski definition) is 1. The second kappa shape index (κ2) is 11.2. The summed E-state index contributed by atoms with van der Waals surface area (Å²) >= 11 is 0. The molecule has 0 bridgehead atoms. The van der Waals surface area contributed by atoms with Crippen molar-refractivity contribution in [2.45, 2.75) is 64.0 Å². The van der Waals surface area contributed by atoms with Crippen LogP contribution in [0.4, 0.5) is 0 Å². The second-order valence-electron chi connectivity index (χ2n) is 8.98. The van der Waals surface area contributed by atoms with E-state index in [-0.39, 0.29) is 6.04 Å². The van der Waals surface area contributed by atoms with Crippen molar-refractivity contribution in [1.29, 1.82) is 0 Å². The lowest BCUT2D eigenvalue weighted by Gasteiger charge is -2.39. The highest BCUT2D eigenvalue weighted by Gasteiger charge is 2.30. The molecule has 3 rings (SSSR count). The Labute approximate surface area is 177 Å². The van der Waals surface area contributed by atoms with E-state index in [2.05, 4.69) is 39.0 Å². The monoisotopic (exact) mass is 406 g/mol. The smallest absolute Gasteiger partial charge is 0.239 e. The Balaban J connectivity index is 1.38. The predicted octanol–water partition coefficient (Wildman–Crippen LogP) is 1.45. The van der Waals surface area contributed by atoms with Crippen molar-refractivity contribution in [1.82, 2.24) is 24.9 Å². The van der Waals surface area contributed by atoms with Crippen molar-refractivity contribution in [3.05, 3.63) is 0 Å². The van der Waals surface area contributed by atoms with Gasteiger partial charge in [-0.05, 0) is 39.7 Å². The molecule has 0 radical (unpaired) electrons. The molecule has 0 aromatic carbocycles. The molecule has 2 heterocycles. The molecule has 1 unspecified atom stereocenters. The molecule has 166 valence electrons. The number of piperazine rings is 1. The zero-order chi connectivity index (χ0) is 20.6. The van der Waals surface area contributed by atoms with Gasteiger partial charge in [0.25, 0.3) is 0 Å². The van der Waals surface area contributed by atoms with E-state index in [0.717, 1.165) is 77.2 Å². The topological polar surface area (TPSA) is 54.4 Å². The summed E-state index contributed by atoms with van der Waals surface area (Å²) in [6.45, 7) is 9.64. The van der Waals surface area contributed by atoms with Crippen LogP contribution in [0, 0.1) is 0 Å². The molecule has 1 saturated carbocycles. The molecule has 0 aromatic heterocycles. The molecule has 3 fully saturated rings. The maximum Gasteiger partial charge on any atom is 0.239 e. The van der Waals surface area contributed by atoms with Crippen LogP contribution in [0.25, 0.3) is 0 Å². The number of nitrogens with one attached hydrogen (secondary N) is 1. The van der Waals surface area contributed by atoms with Gasteiger partial charge in [0.2, 0.25) is 5.91 Å². The fourth-order valence-corrected chi connectivity index (χ4v) is 5.06. The molecular weight excluding hydrogens is 364 g/mol. The number of carbonyl (C=O) groups is 1. The van der Waals surface area contributed by atoms with Crippen LogP contribution in [-0.2, 0) is 4.79 Å². The van der Waals surface area contributed by atoms with Gasteiger partial charge in [-0.15, -0.1) is 0 Å². The van der Waals surface area contributed by atoms with Gasteiger partial charge in [-0.1, -0.05) is 19.3 Å². The summed E-state index contributed by atoms with van der Waals surface area (Å²) in [6, 6.07) is 0.750. The summed E-state index contributed by atoms with van der Waals surface area (Å²) < 4.78 is 0. The minimum absolute atomic E-state index is 0.00522. The van der Waals surface area contributed by atoms with Crippen LogP contribution in [0.5, 0.6) is 0 Å². The van der Waals surface area contributed by atoms with Crippen LogP contribution in [0.15, 0.2) is 4.99 Å². The minimum Gasteiger partial charge on any atom is -0.355 e. The second-order valence-corrected chi connectivity index (χ2v) is 8.98. The first-order chi connectivity index (χ1) is 14.1. The van der Waals surface area contributed by atoms with Crippen molar-refractivity contribution in [2.24, 2.45) is 4.99 Å². The molecule has 0 spiro atoms. The highest BCUT2D eigenvalue weighted by atomic mass is 16.2. The minimum atomic E-state index is -0.00522. The Bertz CT molecular complexity index is 533. The molecule has 7 nitrogen and oxygen atoms in total. The zero-order valence-corrected chi connectivity index (χ0v) is 18.9. The van der Waals surface area contributed by atoms with Gasteiger partial charge in [0, 0.05) is 65.4 Å². The van der Waals surface area contributed by atoms with E-state index in [1.165, 1.54) is 32.1 Å². The summed E-state index contributed by atoms with van der Waals surface area (Å²) in [5, 5.41) is 3.56. The fourth-order valence-electron chi connectivity index (χ4n) is 5.06. The molecule has 1 aliphatic carbocycles. The molecule has 0 aromatic rings. The molecule has 1 atom stereocenters. The first-order valence-corrected chi connectivity index (χ1v) is 11.8. The largest absolute Gasteiger partial charge is 0.355 e. The van der Waals surface area contributed by atoms with Gasteiger partial charge in [0.1, 0.15) is 0 Å². The maximum atomic E-state index is 12.7. The number of likely N-dealkylation sites (tertiary alicyclic amines) is 1. The summed E-state index contributed by atoms with van der Waals surface area (Å²) in [5.41, 5.74) is 0. The van der Waals surface area contributed by atoms with Gasteiger partial charge < -0.3 is 20.0 Å². The average molecular weight is 407 g/mol. The first kappa shape index (κ1) is 22.3. The highest BCUT2D eigenvalue weighted by molar-refractivity contribution is 5.82. The summed E-state index contributed by atoms with van der Waals surface area (Å²) in [4.78, 5) is 26.4. The van der Waals surface area contributed by atoms with Crippen LogP contribution in [0.2, 0.25) is 0 Å². The molecule has 29 heavy (non-hydrogen) atoms. The third-order valence-electron chi connectivity index (χ3n) is 7.09. The first-order valence-electron chi connectivity index (χ1n) is 11.8. The van der Waals surface area contributed by atoms with Crippen LogP contribution in [0.3, 0.4) is 0 Å². The lowest BCUT2D eigenvalue weighted by atomic mass is 9.94. The molecule has 1 N–H and O–H groups in total. The third kappa shape index (κ3) is 6.07. The van der Waals surface area contributed by atoms with Crippen molar-refractivity contribution < 1.29 is 4.79 Å². The van der Waals surface area contributed by atoms with Crippen molar-refractivity contribution >= 4 is 11.9 Å².